The molecule has 0 saturated heterocycles. The van der Waals surface area contributed by atoms with Crippen molar-refractivity contribution in [3.63, 3.8) is 0 Å². The van der Waals surface area contributed by atoms with Crippen LogP contribution >= 0.6 is 0 Å². The lowest BCUT2D eigenvalue weighted by atomic mass is 9.76. The summed E-state index contributed by atoms with van der Waals surface area (Å²) < 4.78 is 13.2. The summed E-state index contributed by atoms with van der Waals surface area (Å²) in [4.78, 5) is 0. The lowest BCUT2D eigenvalue weighted by Crippen LogP contribution is -2.34. The quantitative estimate of drug-likeness (QED) is 0.703. The number of aryl methyl sites for hydroxylation is 1. The summed E-state index contributed by atoms with van der Waals surface area (Å²) in [7, 11) is 0. The summed E-state index contributed by atoms with van der Waals surface area (Å²) in [6, 6.07) is 5.82. The summed E-state index contributed by atoms with van der Waals surface area (Å²) in [5, 5.41) is 0. The Balaban J connectivity index is 2.18. The molecule has 0 unspecified atom stereocenters. The molecule has 1 saturated carbocycles. The van der Waals surface area contributed by atoms with E-state index in [1.807, 2.05) is 12.1 Å². The van der Waals surface area contributed by atoms with Crippen molar-refractivity contribution in [1.82, 2.24) is 0 Å². The number of halogens is 1. The fraction of sp³-hybridized carbons (Fsp3) is 0.455. The van der Waals surface area contributed by atoms with Crippen LogP contribution in [-0.4, -0.2) is 6.04 Å². The SMILES string of the molecule is Cc1ccc(C2CC(N)C2)cc1F. The molecule has 1 fully saturated rings. The van der Waals surface area contributed by atoms with Gasteiger partial charge in [-0.3, -0.25) is 0 Å². The average Bonchev–Trinajstić information content (AvgIpc) is 2.05. The highest BCUT2D eigenvalue weighted by molar-refractivity contribution is 5.28. The van der Waals surface area contributed by atoms with E-state index in [1.165, 1.54) is 0 Å². The molecule has 0 bridgehead atoms. The highest BCUT2D eigenvalue weighted by Gasteiger charge is 2.27. The molecule has 1 aliphatic rings. The van der Waals surface area contributed by atoms with Gasteiger partial charge in [0.1, 0.15) is 5.82 Å². The fourth-order valence-corrected chi connectivity index (χ4v) is 1.80. The van der Waals surface area contributed by atoms with Crippen molar-refractivity contribution >= 4 is 0 Å². The maximum Gasteiger partial charge on any atom is 0.126 e. The molecule has 2 heteroatoms. The zero-order valence-electron chi connectivity index (χ0n) is 7.76. The second-order valence-electron chi connectivity index (χ2n) is 3.94. The van der Waals surface area contributed by atoms with Gasteiger partial charge in [0.2, 0.25) is 0 Å². The number of hydrogen-bond acceptors (Lipinski definition) is 1. The molecule has 0 spiro atoms. The summed E-state index contributed by atoms with van der Waals surface area (Å²) in [6.07, 6.45) is 2.00. The summed E-state index contributed by atoms with van der Waals surface area (Å²) >= 11 is 0. The second-order valence-corrected chi connectivity index (χ2v) is 3.94. The zero-order chi connectivity index (χ0) is 9.42. The summed E-state index contributed by atoms with van der Waals surface area (Å²) in [6.45, 7) is 1.78. The second kappa shape index (κ2) is 3.11. The van der Waals surface area contributed by atoms with Crippen molar-refractivity contribution in [2.45, 2.75) is 31.7 Å². The van der Waals surface area contributed by atoms with Crippen LogP contribution in [0.1, 0.15) is 29.9 Å². The van der Waals surface area contributed by atoms with Gasteiger partial charge in [-0.2, -0.15) is 0 Å². The van der Waals surface area contributed by atoms with E-state index in [4.69, 9.17) is 5.73 Å². The van der Waals surface area contributed by atoms with Gasteiger partial charge < -0.3 is 5.73 Å². The van der Waals surface area contributed by atoms with Gasteiger partial charge in [0, 0.05) is 6.04 Å². The molecule has 0 aliphatic heterocycles. The van der Waals surface area contributed by atoms with Crippen molar-refractivity contribution in [2.24, 2.45) is 5.73 Å². The summed E-state index contributed by atoms with van der Waals surface area (Å²) in [5.74, 6) is 0.392. The molecule has 1 nitrogen and oxygen atoms in total. The average molecular weight is 179 g/mol. The molecule has 0 heterocycles. The predicted octanol–water partition coefficient (Wildman–Crippen LogP) is 2.34. The van der Waals surface area contributed by atoms with Gasteiger partial charge >= 0.3 is 0 Å². The van der Waals surface area contributed by atoms with Crippen molar-refractivity contribution in [1.29, 1.82) is 0 Å². The maximum absolute atomic E-state index is 13.2. The Kier molecular flexibility index (Phi) is 2.08. The van der Waals surface area contributed by atoms with E-state index >= 15 is 0 Å². The molecule has 2 rings (SSSR count). The van der Waals surface area contributed by atoms with Crippen LogP contribution in [0.3, 0.4) is 0 Å². The van der Waals surface area contributed by atoms with E-state index in [0.29, 0.717) is 17.5 Å². The molecule has 70 valence electrons. The van der Waals surface area contributed by atoms with E-state index in [1.54, 1.807) is 13.0 Å². The Bertz CT molecular complexity index is 316. The highest BCUT2D eigenvalue weighted by atomic mass is 19.1. The number of benzene rings is 1. The number of rotatable bonds is 1. The highest BCUT2D eigenvalue weighted by Crippen LogP contribution is 2.35. The first kappa shape index (κ1) is 8.70. The molecule has 0 amide bonds. The van der Waals surface area contributed by atoms with Crippen LogP contribution in [0.5, 0.6) is 0 Å². The molecule has 1 aromatic carbocycles. The third-order valence-corrected chi connectivity index (χ3v) is 2.84. The van der Waals surface area contributed by atoms with Gasteiger partial charge in [0.15, 0.2) is 0 Å². The van der Waals surface area contributed by atoms with Crippen LogP contribution in [0.2, 0.25) is 0 Å². The van der Waals surface area contributed by atoms with E-state index in [2.05, 4.69) is 0 Å². The first-order valence-electron chi connectivity index (χ1n) is 4.68. The molecule has 1 aliphatic carbocycles. The monoisotopic (exact) mass is 179 g/mol. The molecule has 2 N–H and O–H groups in total. The molecule has 0 aromatic heterocycles. The smallest absolute Gasteiger partial charge is 0.126 e. The minimum absolute atomic E-state index is 0.0991. The molecular formula is C11H14FN. The number of nitrogens with two attached hydrogens (primary N) is 1. The third-order valence-electron chi connectivity index (χ3n) is 2.84. The van der Waals surface area contributed by atoms with Crippen molar-refractivity contribution < 1.29 is 4.39 Å². The Morgan fingerprint density at radius 1 is 1.38 bits per heavy atom. The Morgan fingerprint density at radius 3 is 2.62 bits per heavy atom. The van der Waals surface area contributed by atoms with Crippen LogP contribution in [0.4, 0.5) is 4.39 Å². The van der Waals surface area contributed by atoms with Gasteiger partial charge in [-0.1, -0.05) is 12.1 Å². The topological polar surface area (TPSA) is 26.0 Å². The van der Waals surface area contributed by atoms with Crippen LogP contribution in [0.25, 0.3) is 0 Å². The van der Waals surface area contributed by atoms with Crippen molar-refractivity contribution in [3.05, 3.63) is 35.1 Å². The lowest BCUT2D eigenvalue weighted by Gasteiger charge is -2.32. The molecule has 1 aromatic rings. The maximum atomic E-state index is 13.2. The largest absolute Gasteiger partial charge is 0.328 e. The first-order valence-corrected chi connectivity index (χ1v) is 4.68. The van der Waals surface area contributed by atoms with E-state index in [9.17, 15) is 4.39 Å². The molecule has 0 radical (unpaired) electrons. The third kappa shape index (κ3) is 1.59. The predicted molar refractivity (Wildman–Crippen MR) is 51.1 cm³/mol. The Morgan fingerprint density at radius 2 is 2.08 bits per heavy atom. The Hall–Kier alpha value is -0.890. The fourth-order valence-electron chi connectivity index (χ4n) is 1.80. The van der Waals surface area contributed by atoms with Crippen LogP contribution in [0.15, 0.2) is 18.2 Å². The standard InChI is InChI=1S/C11H14FN/c1-7-2-3-8(6-11(7)12)9-4-10(13)5-9/h2-3,6,9-10H,4-5,13H2,1H3. The molecular weight excluding hydrogens is 165 g/mol. The van der Waals surface area contributed by atoms with Gasteiger partial charge in [-0.05, 0) is 42.9 Å². The lowest BCUT2D eigenvalue weighted by molar-refractivity contribution is 0.350. The van der Waals surface area contributed by atoms with Crippen molar-refractivity contribution in [3.8, 4) is 0 Å². The van der Waals surface area contributed by atoms with E-state index < -0.39 is 0 Å². The minimum atomic E-state index is -0.0991. The van der Waals surface area contributed by atoms with Crippen LogP contribution < -0.4 is 5.73 Å². The van der Waals surface area contributed by atoms with E-state index in [-0.39, 0.29) is 5.82 Å². The normalized spacial score (nSPS) is 27.0. The molecule has 0 atom stereocenters. The van der Waals surface area contributed by atoms with Crippen LogP contribution in [-0.2, 0) is 0 Å². The Labute approximate surface area is 77.8 Å². The van der Waals surface area contributed by atoms with Crippen molar-refractivity contribution in [2.75, 3.05) is 0 Å². The van der Waals surface area contributed by atoms with Gasteiger partial charge in [0.25, 0.3) is 0 Å². The minimum Gasteiger partial charge on any atom is -0.328 e. The van der Waals surface area contributed by atoms with Gasteiger partial charge in [-0.15, -0.1) is 0 Å². The zero-order valence-corrected chi connectivity index (χ0v) is 7.76. The molecule has 13 heavy (non-hydrogen) atoms. The first-order chi connectivity index (χ1) is 6.16. The summed E-state index contributed by atoms with van der Waals surface area (Å²) in [5.41, 5.74) is 7.50. The van der Waals surface area contributed by atoms with E-state index in [0.717, 1.165) is 18.4 Å². The number of hydrogen-bond donors (Lipinski definition) is 1. The van der Waals surface area contributed by atoms with Gasteiger partial charge in [-0.25, -0.2) is 4.39 Å². The van der Waals surface area contributed by atoms with Crippen LogP contribution in [0, 0.1) is 12.7 Å². The van der Waals surface area contributed by atoms with Gasteiger partial charge in [0.05, 0.1) is 0 Å².